The summed E-state index contributed by atoms with van der Waals surface area (Å²) >= 11 is 4.73. The average Bonchev–Trinajstić information content (AvgIpc) is 3.51. The number of amides is 3. The molecule has 2 aromatic carbocycles. The number of nitrogens with zero attached hydrogens (tertiary/aromatic N) is 2. The molecule has 3 amide bonds. The van der Waals surface area contributed by atoms with Crippen molar-refractivity contribution in [1.82, 2.24) is 10.3 Å². The van der Waals surface area contributed by atoms with Crippen molar-refractivity contribution < 1.29 is 18.6 Å². The first-order valence-corrected chi connectivity index (χ1v) is 16.9. The van der Waals surface area contributed by atoms with Gasteiger partial charge in [-0.3, -0.25) is 28.5 Å². The summed E-state index contributed by atoms with van der Waals surface area (Å²) in [6.07, 6.45) is 6.60. The van der Waals surface area contributed by atoms with Crippen molar-refractivity contribution >= 4 is 78.1 Å². The van der Waals surface area contributed by atoms with E-state index >= 15 is 0 Å². The maximum Gasteiger partial charge on any atom is 0.248 e. The number of carbonyl (C=O) groups excluding carboxylic acids is 3. The van der Waals surface area contributed by atoms with Gasteiger partial charge < -0.3 is 10.6 Å². The molecule has 2 heterocycles. The Labute approximate surface area is 259 Å². The Morgan fingerprint density at radius 3 is 2.50 bits per heavy atom. The second-order valence-electron chi connectivity index (χ2n) is 10.2. The molecule has 0 saturated heterocycles. The van der Waals surface area contributed by atoms with E-state index in [0.717, 1.165) is 47.5 Å². The van der Waals surface area contributed by atoms with Crippen LogP contribution < -0.4 is 15.5 Å². The molecule has 1 aliphatic carbocycles. The number of benzene rings is 2. The van der Waals surface area contributed by atoms with E-state index in [1.54, 1.807) is 30.5 Å². The first kappa shape index (κ1) is 30.1. The molecule has 0 radical (unpaired) electrons. The summed E-state index contributed by atoms with van der Waals surface area (Å²) < 4.78 is 14.0. The van der Waals surface area contributed by atoms with Gasteiger partial charge in [-0.2, -0.15) is 0 Å². The zero-order valence-electron chi connectivity index (χ0n) is 22.8. The van der Waals surface area contributed by atoms with E-state index in [1.807, 2.05) is 47.8 Å². The van der Waals surface area contributed by atoms with Crippen LogP contribution in [0.1, 0.15) is 43.0 Å². The lowest BCUT2D eigenvalue weighted by atomic mass is 9.95. The van der Waals surface area contributed by atoms with Crippen LogP contribution in [0.15, 0.2) is 82.8 Å². The van der Waals surface area contributed by atoms with E-state index in [-0.39, 0.29) is 17.7 Å². The van der Waals surface area contributed by atoms with Crippen LogP contribution in [0.25, 0.3) is 10.9 Å². The number of thiophene rings is 1. The van der Waals surface area contributed by atoms with Gasteiger partial charge in [0.15, 0.2) is 0 Å². The first-order chi connectivity index (χ1) is 20.4. The fraction of sp³-hybridized carbons (Fsp3) is 0.290. The highest BCUT2D eigenvalue weighted by Crippen LogP contribution is 2.33. The molecule has 11 heteroatoms. The van der Waals surface area contributed by atoms with Crippen LogP contribution in [0, 0.1) is 0 Å². The Kier molecular flexibility index (Phi) is 10.1. The summed E-state index contributed by atoms with van der Waals surface area (Å²) in [5, 5.41) is 8.56. The van der Waals surface area contributed by atoms with Crippen LogP contribution in [0.5, 0.6) is 0 Å². The van der Waals surface area contributed by atoms with Crippen molar-refractivity contribution in [3.8, 4) is 0 Å². The number of nitrogens with one attached hydrogen (secondary N) is 2. The van der Waals surface area contributed by atoms with E-state index < -0.39 is 34.4 Å². The smallest absolute Gasteiger partial charge is 0.248 e. The van der Waals surface area contributed by atoms with Gasteiger partial charge in [0.05, 0.1) is 17.4 Å². The second kappa shape index (κ2) is 14.2. The summed E-state index contributed by atoms with van der Waals surface area (Å²) in [6.45, 7) is 0. The number of anilines is 2. The number of halogens is 1. The van der Waals surface area contributed by atoms with Gasteiger partial charge in [0.1, 0.15) is 17.5 Å². The van der Waals surface area contributed by atoms with Gasteiger partial charge >= 0.3 is 0 Å². The maximum absolute atomic E-state index is 14.0. The number of hydrogen-bond acceptors (Lipinski definition) is 6. The van der Waals surface area contributed by atoms with E-state index in [2.05, 4.69) is 31.5 Å². The van der Waals surface area contributed by atoms with Crippen molar-refractivity contribution in [2.45, 2.75) is 44.2 Å². The molecule has 5 rings (SSSR count). The van der Waals surface area contributed by atoms with Crippen LogP contribution in [-0.4, -0.2) is 44.5 Å². The van der Waals surface area contributed by atoms with Crippen molar-refractivity contribution in [2.75, 3.05) is 21.7 Å². The molecular formula is C31H31BrN4O4S2. The van der Waals surface area contributed by atoms with Gasteiger partial charge in [0.25, 0.3) is 0 Å². The fourth-order valence-electron chi connectivity index (χ4n) is 5.11. The molecule has 2 N–H and O–H groups in total. The minimum absolute atomic E-state index is 0.0387. The highest BCUT2D eigenvalue weighted by molar-refractivity contribution is 9.10. The van der Waals surface area contributed by atoms with Crippen LogP contribution >= 0.6 is 27.3 Å². The van der Waals surface area contributed by atoms with Gasteiger partial charge in [-0.1, -0.05) is 59.5 Å². The predicted octanol–water partition coefficient (Wildman–Crippen LogP) is 5.97. The van der Waals surface area contributed by atoms with Crippen LogP contribution in [-0.2, 0) is 25.2 Å². The Balaban J connectivity index is 1.42. The standard InChI is InChI=1S/C31H31BrN4O4S2/c32-22-12-14-24(15-13-22)34-28(37)19-42(40)20-29(38)36(25-17-21-7-4-5-10-26(21)33-18-25)30(27-11-6-16-41-27)31(39)35-23-8-2-1-3-9-23/h4-7,10-18,23,30H,1-3,8-9,19-20H2,(H,34,37)(H,35,39). The topological polar surface area (TPSA) is 108 Å². The molecule has 0 bridgehead atoms. The van der Waals surface area contributed by atoms with Crippen molar-refractivity contribution in [3.05, 3.63) is 87.7 Å². The summed E-state index contributed by atoms with van der Waals surface area (Å²) in [7, 11) is -1.82. The highest BCUT2D eigenvalue weighted by atomic mass is 79.9. The second-order valence-corrected chi connectivity index (χ2v) is 13.5. The Morgan fingerprint density at radius 2 is 1.76 bits per heavy atom. The van der Waals surface area contributed by atoms with Crippen molar-refractivity contribution in [2.24, 2.45) is 0 Å². The molecule has 2 atom stereocenters. The third kappa shape index (κ3) is 7.70. The molecule has 8 nitrogen and oxygen atoms in total. The molecule has 2 aromatic heterocycles. The Morgan fingerprint density at radius 1 is 1.00 bits per heavy atom. The Hall–Kier alpha value is -3.41. The molecular weight excluding hydrogens is 636 g/mol. The van der Waals surface area contributed by atoms with Crippen LogP contribution in [0.3, 0.4) is 0 Å². The lowest BCUT2D eigenvalue weighted by molar-refractivity contribution is -0.126. The molecule has 42 heavy (non-hydrogen) atoms. The highest BCUT2D eigenvalue weighted by Gasteiger charge is 2.35. The number of hydrogen-bond donors (Lipinski definition) is 2. The van der Waals surface area contributed by atoms with E-state index in [4.69, 9.17) is 0 Å². The number of para-hydroxylation sites is 1. The molecule has 0 aliphatic heterocycles. The lowest BCUT2D eigenvalue weighted by Crippen LogP contribution is -2.48. The predicted molar refractivity (Wildman–Crippen MR) is 172 cm³/mol. The third-order valence-electron chi connectivity index (χ3n) is 7.10. The van der Waals surface area contributed by atoms with Crippen molar-refractivity contribution in [3.63, 3.8) is 0 Å². The lowest BCUT2D eigenvalue weighted by Gasteiger charge is -2.32. The minimum atomic E-state index is -1.82. The summed E-state index contributed by atoms with van der Waals surface area (Å²) in [5.74, 6) is -2.07. The first-order valence-electron chi connectivity index (χ1n) is 13.8. The number of pyridine rings is 1. The number of carbonyl (C=O) groups is 3. The van der Waals surface area contributed by atoms with E-state index in [1.165, 1.54) is 16.2 Å². The third-order valence-corrected chi connectivity index (χ3v) is 9.70. The van der Waals surface area contributed by atoms with E-state index in [9.17, 15) is 18.6 Å². The zero-order chi connectivity index (χ0) is 29.5. The zero-order valence-corrected chi connectivity index (χ0v) is 26.1. The maximum atomic E-state index is 14.0. The van der Waals surface area contributed by atoms with Gasteiger partial charge in [0.2, 0.25) is 17.7 Å². The largest absolute Gasteiger partial charge is 0.351 e. The molecule has 218 valence electrons. The molecule has 1 aliphatic rings. The number of rotatable bonds is 10. The summed E-state index contributed by atoms with van der Waals surface area (Å²) in [4.78, 5) is 47.1. The summed E-state index contributed by atoms with van der Waals surface area (Å²) in [6, 6.07) is 19.1. The monoisotopic (exact) mass is 666 g/mol. The quantitative estimate of drug-likeness (QED) is 0.217. The van der Waals surface area contributed by atoms with Crippen LogP contribution in [0.2, 0.25) is 0 Å². The molecule has 1 saturated carbocycles. The molecule has 4 aromatic rings. The summed E-state index contributed by atoms with van der Waals surface area (Å²) in [5.41, 5.74) is 1.74. The van der Waals surface area contributed by atoms with Crippen molar-refractivity contribution in [1.29, 1.82) is 0 Å². The number of aromatic nitrogens is 1. The SMILES string of the molecule is O=C(CS(=O)CC(=O)N(c1cnc2ccccc2c1)C(C(=O)NC1CCCCC1)c1cccs1)Nc1ccc(Br)cc1. The molecule has 1 fully saturated rings. The van der Waals surface area contributed by atoms with Gasteiger partial charge in [0, 0.05) is 37.3 Å². The molecule has 2 unspecified atom stereocenters. The number of fused-ring (bicyclic) bond motifs is 1. The van der Waals surface area contributed by atoms with E-state index in [0.29, 0.717) is 16.3 Å². The Bertz CT molecular complexity index is 1570. The minimum Gasteiger partial charge on any atom is -0.351 e. The van der Waals surface area contributed by atoms with Gasteiger partial charge in [-0.25, -0.2) is 0 Å². The van der Waals surface area contributed by atoms with Gasteiger partial charge in [-0.05, 0) is 60.7 Å². The normalized spacial score (nSPS) is 15.1. The van der Waals surface area contributed by atoms with Crippen LogP contribution in [0.4, 0.5) is 11.4 Å². The van der Waals surface area contributed by atoms with Gasteiger partial charge in [-0.15, -0.1) is 11.3 Å². The molecule has 0 spiro atoms. The fourth-order valence-corrected chi connectivity index (χ4v) is 7.07. The average molecular weight is 668 g/mol.